The fraction of sp³-hybridized carbons (Fsp3) is 0.333. The topological polar surface area (TPSA) is 39.2 Å². The van der Waals surface area contributed by atoms with E-state index in [0.717, 1.165) is 0 Å². The third-order valence-electron chi connectivity index (χ3n) is 1.79. The number of hydrogen-bond acceptors (Lipinski definition) is 3. The molecule has 1 heterocycles. The molecular weight excluding hydrogens is 256 g/mol. The van der Waals surface area contributed by atoms with E-state index in [-0.39, 0.29) is 10.9 Å². The molecule has 15 heavy (non-hydrogen) atoms. The van der Waals surface area contributed by atoms with Gasteiger partial charge in [-0.3, -0.25) is 4.79 Å². The van der Waals surface area contributed by atoms with E-state index in [4.69, 9.17) is 27.7 Å². The number of nitrogens with zero attached hydrogens (tertiary/aromatic N) is 1. The highest BCUT2D eigenvalue weighted by Gasteiger charge is 2.10. The van der Waals surface area contributed by atoms with E-state index in [1.165, 1.54) is 12.3 Å². The molecular formula is C9H10Cl2NO2P. The predicted molar refractivity (Wildman–Crippen MR) is 63.5 cm³/mol. The molecule has 0 aliphatic carbocycles. The average molecular weight is 266 g/mol. The van der Waals surface area contributed by atoms with Gasteiger partial charge in [0.2, 0.25) is 0 Å². The second kappa shape index (κ2) is 6.39. The van der Waals surface area contributed by atoms with Gasteiger partial charge in [0.05, 0.1) is 17.2 Å². The van der Waals surface area contributed by atoms with Crippen molar-refractivity contribution in [1.29, 1.82) is 0 Å². The summed E-state index contributed by atoms with van der Waals surface area (Å²) in [6, 6.07) is 1.46. The van der Waals surface area contributed by atoms with Crippen molar-refractivity contribution >= 4 is 38.5 Å². The first kappa shape index (κ1) is 12.9. The third kappa shape index (κ3) is 4.04. The molecule has 1 unspecified atom stereocenters. The van der Waals surface area contributed by atoms with Crippen LogP contribution in [0.15, 0.2) is 12.3 Å². The summed E-state index contributed by atoms with van der Waals surface area (Å²) in [5.41, 5.74) is 0.407. The van der Waals surface area contributed by atoms with Crippen molar-refractivity contribution in [3.05, 3.63) is 28.0 Å². The summed E-state index contributed by atoms with van der Waals surface area (Å²) in [4.78, 5) is 15.4. The van der Waals surface area contributed by atoms with Crippen molar-refractivity contribution in [3.8, 4) is 0 Å². The van der Waals surface area contributed by atoms with E-state index in [9.17, 15) is 4.79 Å². The summed E-state index contributed by atoms with van der Waals surface area (Å²) in [7, 11) is 2.14. The standard InChI is InChI=1S/C9H10Cl2NO2P/c10-7-4-9(11)12-5-6(7)8(13)2-1-3-14-15/h4-5H,1-3,15H2. The zero-order valence-electron chi connectivity index (χ0n) is 7.87. The minimum absolute atomic E-state index is 0.0498. The van der Waals surface area contributed by atoms with Crippen LogP contribution in [-0.4, -0.2) is 17.4 Å². The quantitative estimate of drug-likeness (QED) is 0.355. The van der Waals surface area contributed by atoms with Crippen molar-refractivity contribution in [3.63, 3.8) is 0 Å². The van der Waals surface area contributed by atoms with Crippen molar-refractivity contribution in [2.45, 2.75) is 12.8 Å². The molecule has 1 aromatic heterocycles. The van der Waals surface area contributed by atoms with Crippen molar-refractivity contribution in [2.24, 2.45) is 0 Å². The van der Waals surface area contributed by atoms with Crippen LogP contribution in [0.25, 0.3) is 0 Å². The number of rotatable bonds is 5. The smallest absolute Gasteiger partial charge is 0.166 e. The number of carbonyl (C=O) groups excluding carboxylic acids is 1. The zero-order valence-corrected chi connectivity index (χ0v) is 10.5. The molecule has 0 saturated heterocycles. The molecule has 0 aromatic carbocycles. The number of pyridine rings is 1. The molecule has 82 valence electrons. The Hall–Kier alpha value is -0.210. The third-order valence-corrected chi connectivity index (χ3v) is 2.54. The van der Waals surface area contributed by atoms with Crippen molar-refractivity contribution in [2.75, 3.05) is 6.61 Å². The summed E-state index contributed by atoms with van der Waals surface area (Å²) in [6.45, 7) is 0.523. The van der Waals surface area contributed by atoms with Gasteiger partial charge in [-0.05, 0) is 12.5 Å². The van der Waals surface area contributed by atoms with Gasteiger partial charge in [-0.25, -0.2) is 4.98 Å². The van der Waals surface area contributed by atoms with Crippen LogP contribution < -0.4 is 0 Å². The molecule has 0 saturated carbocycles. The SMILES string of the molecule is O=C(CCCOP)c1cnc(Cl)cc1Cl. The molecule has 0 spiro atoms. The molecule has 0 bridgehead atoms. The number of aromatic nitrogens is 1. The highest BCUT2D eigenvalue weighted by Crippen LogP contribution is 2.20. The maximum Gasteiger partial charge on any atom is 0.166 e. The first-order chi connectivity index (χ1) is 7.15. The van der Waals surface area contributed by atoms with Crippen molar-refractivity contribution < 1.29 is 9.32 Å². The number of halogens is 2. The largest absolute Gasteiger partial charge is 0.366 e. The molecule has 0 aliphatic rings. The minimum Gasteiger partial charge on any atom is -0.366 e. The first-order valence-corrected chi connectivity index (χ1v) is 5.54. The van der Waals surface area contributed by atoms with Crippen LogP contribution in [-0.2, 0) is 4.52 Å². The molecule has 0 fully saturated rings. The summed E-state index contributed by atoms with van der Waals surface area (Å²) >= 11 is 11.5. The maximum absolute atomic E-state index is 11.6. The summed E-state index contributed by atoms with van der Waals surface area (Å²) in [5, 5.41) is 0.622. The van der Waals surface area contributed by atoms with Crippen LogP contribution in [0.1, 0.15) is 23.2 Å². The lowest BCUT2D eigenvalue weighted by atomic mass is 10.1. The van der Waals surface area contributed by atoms with Crippen molar-refractivity contribution in [1.82, 2.24) is 4.98 Å². The molecule has 1 rings (SSSR count). The lowest BCUT2D eigenvalue weighted by molar-refractivity contribution is 0.0974. The zero-order chi connectivity index (χ0) is 11.3. The Morgan fingerprint density at radius 2 is 2.27 bits per heavy atom. The highest BCUT2D eigenvalue weighted by molar-refractivity contribution is 7.09. The maximum atomic E-state index is 11.6. The monoisotopic (exact) mass is 265 g/mol. The van der Waals surface area contributed by atoms with Gasteiger partial charge in [0.25, 0.3) is 0 Å². The summed E-state index contributed by atoms with van der Waals surface area (Å²) < 4.78 is 4.77. The predicted octanol–water partition coefficient (Wildman–Crippen LogP) is 3.16. The van der Waals surface area contributed by atoms with E-state index in [0.29, 0.717) is 30.0 Å². The molecule has 6 heteroatoms. The number of Topliss-reactive ketones (excluding diaryl/α,β-unsaturated/α-hetero) is 1. The van der Waals surface area contributed by atoms with Gasteiger partial charge in [0, 0.05) is 22.1 Å². The van der Waals surface area contributed by atoms with Gasteiger partial charge in [0.15, 0.2) is 5.78 Å². The van der Waals surface area contributed by atoms with Crippen LogP contribution in [0.5, 0.6) is 0 Å². The van der Waals surface area contributed by atoms with Gasteiger partial charge in [-0.15, -0.1) is 0 Å². The lowest BCUT2D eigenvalue weighted by Gasteiger charge is -2.02. The van der Waals surface area contributed by atoms with Crippen LogP contribution >= 0.6 is 32.7 Å². The van der Waals surface area contributed by atoms with Crippen LogP contribution in [0.3, 0.4) is 0 Å². The van der Waals surface area contributed by atoms with Gasteiger partial charge in [-0.1, -0.05) is 23.2 Å². The first-order valence-electron chi connectivity index (χ1n) is 4.31. The Balaban J connectivity index is 2.65. The second-order valence-electron chi connectivity index (χ2n) is 2.88. The molecule has 3 nitrogen and oxygen atoms in total. The van der Waals surface area contributed by atoms with Gasteiger partial charge in [-0.2, -0.15) is 0 Å². The fourth-order valence-electron chi connectivity index (χ4n) is 1.06. The summed E-state index contributed by atoms with van der Waals surface area (Å²) in [5.74, 6) is -0.0498. The van der Waals surface area contributed by atoms with Crippen LogP contribution in [0.2, 0.25) is 10.2 Å². The summed E-state index contributed by atoms with van der Waals surface area (Å²) in [6.07, 6.45) is 2.44. The Kier molecular flexibility index (Phi) is 5.48. The molecule has 0 aliphatic heterocycles. The number of hydrogen-bond donors (Lipinski definition) is 0. The van der Waals surface area contributed by atoms with E-state index >= 15 is 0 Å². The van der Waals surface area contributed by atoms with Gasteiger partial charge in [0.1, 0.15) is 5.15 Å². The van der Waals surface area contributed by atoms with Crippen LogP contribution in [0.4, 0.5) is 0 Å². The van der Waals surface area contributed by atoms with E-state index < -0.39 is 0 Å². The molecule has 1 atom stereocenters. The normalized spacial score (nSPS) is 10.3. The number of carbonyl (C=O) groups is 1. The Morgan fingerprint density at radius 1 is 1.53 bits per heavy atom. The van der Waals surface area contributed by atoms with E-state index in [1.807, 2.05) is 0 Å². The van der Waals surface area contributed by atoms with E-state index in [1.54, 1.807) is 0 Å². The Morgan fingerprint density at radius 3 is 2.87 bits per heavy atom. The van der Waals surface area contributed by atoms with Gasteiger partial charge < -0.3 is 4.52 Å². The van der Waals surface area contributed by atoms with Gasteiger partial charge >= 0.3 is 0 Å². The Labute approximate surface area is 100 Å². The fourth-order valence-corrected chi connectivity index (χ4v) is 1.70. The number of ketones is 1. The second-order valence-corrected chi connectivity index (χ2v) is 4.01. The minimum atomic E-state index is -0.0498. The average Bonchev–Trinajstić information content (AvgIpc) is 2.17. The highest BCUT2D eigenvalue weighted by atomic mass is 35.5. The lowest BCUT2D eigenvalue weighted by Crippen LogP contribution is -2.02. The molecule has 0 radical (unpaired) electrons. The Bertz CT molecular complexity index is 360. The van der Waals surface area contributed by atoms with E-state index in [2.05, 4.69) is 14.5 Å². The molecule has 0 N–H and O–H groups in total. The van der Waals surface area contributed by atoms with Crippen LogP contribution in [0, 0.1) is 0 Å². The molecule has 0 amide bonds. The molecule has 1 aromatic rings.